The molecule has 0 saturated heterocycles. The van der Waals surface area contributed by atoms with E-state index in [9.17, 15) is 52.7 Å². The van der Waals surface area contributed by atoms with E-state index in [0.717, 1.165) is 0 Å². The van der Waals surface area contributed by atoms with Crippen LogP contribution in [-0.2, 0) is 0 Å². The van der Waals surface area contributed by atoms with Gasteiger partial charge in [0.25, 0.3) is 0 Å². The van der Waals surface area contributed by atoms with Crippen molar-refractivity contribution in [2.45, 2.75) is 36.7 Å². The lowest BCUT2D eigenvalue weighted by Gasteiger charge is -2.36. The molecule has 0 unspecified atom stereocenters. The minimum atomic E-state index is -7.18. The van der Waals surface area contributed by atoms with Crippen LogP contribution in [0.4, 0.5) is 52.7 Å². The van der Waals surface area contributed by atoms with Crippen molar-refractivity contribution in [1.82, 2.24) is 5.01 Å². The lowest BCUT2D eigenvalue weighted by molar-refractivity contribution is -0.418. The Bertz CT molecular complexity index is 459. The monoisotopic (exact) mass is 356 g/mol. The molecule has 0 atom stereocenters. The maximum Gasteiger partial charge on any atom is 0.460 e. The average molecular weight is 356 g/mol. The van der Waals surface area contributed by atoms with E-state index in [1.54, 1.807) is 0 Å². The van der Waals surface area contributed by atoms with Gasteiger partial charge < -0.3 is 0 Å². The van der Waals surface area contributed by atoms with Gasteiger partial charge in [-0.1, -0.05) is 0 Å². The second-order valence-corrected chi connectivity index (χ2v) is 4.11. The van der Waals surface area contributed by atoms with E-state index in [4.69, 9.17) is 0 Å². The normalized spacial score (nSPS) is 18.7. The van der Waals surface area contributed by atoms with E-state index < -0.39 is 53.9 Å². The van der Waals surface area contributed by atoms with Crippen molar-refractivity contribution in [3.05, 3.63) is 0 Å². The van der Waals surface area contributed by atoms with Crippen LogP contribution in [0.15, 0.2) is 5.10 Å². The van der Waals surface area contributed by atoms with Crippen molar-refractivity contribution in [2.75, 3.05) is 6.54 Å². The minimum Gasteiger partial charge on any atom is -0.228 e. The maximum atomic E-state index is 13.2. The molecule has 0 bridgehead atoms. The number of halogens is 12. The molecule has 130 valence electrons. The molecule has 0 fully saturated rings. The molecule has 2 nitrogen and oxygen atoms in total. The highest BCUT2D eigenvalue weighted by atomic mass is 19.4. The molecule has 22 heavy (non-hydrogen) atoms. The third-order valence-electron chi connectivity index (χ3n) is 2.58. The summed E-state index contributed by atoms with van der Waals surface area (Å²) in [5.74, 6) is -14.2. The van der Waals surface area contributed by atoms with E-state index in [-0.39, 0.29) is 0 Å². The largest absolute Gasteiger partial charge is 0.460 e. The Hall–Kier alpha value is -1.37. The van der Waals surface area contributed by atoms with Crippen molar-refractivity contribution < 1.29 is 52.7 Å². The summed E-state index contributed by atoms with van der Waals surface area (Å²) in [7, 11) is 0. The molecule has 1 rings (SSSR count). The number of hydrogen-bond acceptors (Lipinski definition) is 2. The smallest absolute Gasteiger partial charge is 0.228 e. The van der Waals surface area contributed by atoms with Gasteiger partial charge in [-0.3, -0.25) is 0 Å². The zero-order valence-electron chi connectivity index (χ0n) is 9.84. The lowest BCUT2D eigenvalue weighted by Crippen LogP contribution is -2.65. The minimum absolute atomic E-state index is 1.37. The molecule has 0 N–H and O–H groups in total. The van der Waals surface area contributed by atoms with Crippen LogP contribution in [0.25, 0.3) is 0 Å². The van der Waals surface area contributed by atoms with Crippen LogP contribution in [0.1, 0.15) is 6.42 Å². The van der Waals surface area contributed by atoms with Crippen LogP contribution in [0.2, 0.25) is 0 Å². The number of alkyl halides is 12. The summed E-state index contributed by atoms with van der Waals surface area (Å²) in [6.07, 6.45) is -13.7. The molecule has 0 spiro atoms. The Kier molecular flexibility index (Phi) is 4.09. The van der Waals surface area contributed by atoms with E-state index in [0.29, 0.717) is 0 Å². The number of hydrogen-bond donors (Lipinski definition) is 0. The van der Waals surface area contributed by atoms with Gasteiger partial charge in [0.2, 0.25) is 0 Å². The van der Waals surface area contributed by atoms with Crippen LogP contribution >= 0.6 is 0 Å². The zero-order chi connectivity index (χ0) is 17.8. The van der Waals surface area contributed by atoms with Gasteiger partial charge in [0.1, 0.15) is 5.71 Å². The van der Waals surface area contributed by atoms with E-state index in [1.165, 1.54) is 0 Å². The maximum absolute atomic E-state index is 13.2. The van der Waals surface area contributed by atoms with E-state index in [1.807, 2.05) is 5.10 Å². The highest BCUT2D eigenvalue weighted by molar-refractivity contribution is 5.90. The molecule has 0 aromatic rings. The topological polar surface area (TPSA) is 15.6 Å². The summed E-state index contributed by atoms with van der Waals surface area (Å²) >= 11 is 0. The number of nitrogens with zero attached hydrogens (tertiary/aromatic N) is 2. The van der Waals surface area contributed by atoms with Gasteiger partial charge in [0, 0.05) is 13.0 Å². The van der Waals surface area contributed by atoms with Crippen molar-refractivity contribution >= 4 is 5.71 Å². The van der Waals surface area contributed by atoms with Crippen molar-refractivity contribution in [3.8, 4) is 0 Å². The third kappa shape index (κ3) is 2.66. The summed E-state index contributed by atoms with van der Waals surface area (Å²) in [5, 5.41) is 0.566. The summed E-state index contributed by atoms with van der Waals surface area (Å²) in [5.41, 5.74) is -2.00. The fourth-order valence-electron chi connectivity index (χ4n) is 1.39. The Morgan fingerprint density at radius 2 is 1.18 bits per heavy atom. The molecule has 1 heterocycles. The molecule has 14 heteroatoms. The van der Waals surface area contributed by atoms with Crippen LogP contribution < -0.4 is 0 Å². The summed E-state index contributed by atoms with van der Waals surface area (Å²) in [6, 6.07) is -6.29. The summed E-state index contributed by atoms with van der Waals surface area (Å²) in [6.45, 7) is -1.61. The van der Waals surface area contributed by atoms with Gasteiger partial charge in [-0.2, -0.15) is 57.8 Å². The van der Waals surface area contributed by atoms with Crippen LogP contribution in [0.5, 0.6) is 0 Å². The first kappa shape index (κ1) is 18.7. The van der Waals surface area contributed by atoms with E-state index >= 15 is 0 Å². The molecular weight excluding hydrogens is 352 g/mol. The predicted octanol–water partition coefficient (Wildman–Crippen LogP) is 4.04. The van der Waals surface area contributed by atoms with Gasteiger partial charge in [0.15, 0.2) is 0 Å². The second kappa shape index (κ2) is 4.81. The Morgan fingerprint density at radius 3 is 1.50 bits per heavy atom. The Morgan fingerprint density at radius 1 is 0.727 bits per heavy atom. The van der Waals surface area contributed by atoms with Gasteiger partial charge in [-0.05, 0) is 0 Å². The molecule has 1 aliphatic heterocycles. The second-order valence-electron chi connectivity index (χ2n) is 4.11. The predicted molar refractivity (Wildman–Crippen MR) is 45.7 cm³/mol. The Labute approximate surface area is 113 Å². The van der Waals surface area contributed by atoms with Gasteiger partial charge in [-0.15, -0.1) is 0 Å². The summed E-state index contributed by atoms with van der Waals surface area (Å²) in [4.78, 5) is 0. The lowest BCUT2D eigenvalue weighted by atomic mass is 10.1. The first-order chi connectivity index (χ1) is 9.46. The molecule has 0 saturated carbocycles. The van der Waals surface area contributed by atoms with Crippen molar-refractivity contribution in [2.24, 2.45) is 5.10 Å². The molecule has 1 aliphatic rings. The Balaban J connectivity index is 3.22. The van der Waals surface area contributed by atoms with Crippen LogP contribution in [0.3, 0.4) is 0 Å². The standard InChI is InChI=1S/C8H4F12N2/c9-4(10,11)3-1-2-22(21-3)8(19,20)6(14,15)5(12,13)7(16,17)18/h1-2H2. The van der Waals surface area contributed by atoms with Crippen molar-refractivity contribution in [3.63, 3.8) is 0 Å². The SMILES string of the molecule is FC(F)(F)C1=NN(C(F)(F)C(F)(F)C(F)(F)C(F)(F)F)CC1. The van der Waals surface area contributed by atoms with Gasteiger partial charge >= 0.3 is 30.2 Å². The molecule has 0 amide bonds. The molecule has 0 radical (unpaired) electrons. The van der Waals surface area contributed by atoms with Crippen LogP contribution in [-0.4, -0.2) is 47.5 Å². The average Bonchev–Trinajstić information content (AvgIpc) is 2.75. The van der Waals surface area contributed by atoms with E-state index in [2.05, 4.69) is 0 Å². The molecule has 0 aliphatic carbocycles. The molecule has 0 aromatic carbocycles. The third-order valence-corrected chi connectivity index (χ3v) is 2.58. The quantitative estimate of drug-likeness (QED) is 0.551. The zero-order valence-corrected chi connectivity index (χ0v) is 9.84. The van der Waals surface area contributed by atoms with Crippen LogP contribution in [0, 0.1) is 0 Å². The van der Waals surface area contributed by atoms with Crippen molar-refractivity contribution in [1.29, 1.82) is 0 Å². The number of rotatable bonds is 3. The van der Waals surface area contributed by atoms with Gasteiger partial charge in [-0.25, -0.2) is 5.01 Å². The number of hydrazone groups is 1. The van der Waals surface area contributed by atoms with Gasteiger partial charge in [0.05, 0.1) is 0 Å². The fourth-order valence-corrected chi connectivity index (χ4v) is 1.39. The first-order valence-corrected chi connectivity index (χ1v) is 5.08. The molecular formula is C8H4F12N2. The summed E-state index contributed by atoms with van der Waals surface area (Å²) < 4.78 is 149. The fraction of sp³-hybridized carbons (Fsp3) is 0.875. The molecule has 0 aromatic heterocycles. The highest BCUT2D eigenvalue weighted by Gasteiger charge is 2.83. The highest BCUT2D eigenvalue weighted by Crippen LogP contribution is 2.54. The first-order valence-electron chi connectivity index (χ1n) is 5.08.